The van der Waals surface area contributed by atoms with E-state index in [0.29, 0.717) is 22.5 Å². The molecule has 3 aromatic carbocycles. The molecule has 0 saturated heterocycles. The number of benzene rings is 3. The fraction of sp³-hybridized carbons (Fsp3) is 0.0833. The number of nitrogens with zero attached hydrogens (tertiary/aromatic N) is 3. The van der Waals surface area contributed by atoms with Crippen LogP contribution in [0.5, 0.6) is 0 Å². The van der Waals surface area contributed by atoms with Crippen molar-refractivity contribution in [2.45, 2.75) is 13.0 Å². The number of anilines is 1. The van der Waals surface area contributed by atoms with E-state index in [2.05, 4.69) is 10.2 Å². The van der Waals surface area contributed by atoms with Crippen molar-refractivity contribution >= 4 is 17.3 Å². The standard InChI is InChI=1S/C24H17FN4O3/c1-14-6-8-15(9-7-14)21-20-22(27-26-21)24(30)28(17-12-10-16(25)11-13-17)23(20)18-4-2-3-5-19(18)29(31)32/h2-13,23H,1H3,(H,26,27). The van der Waals surface area contributed by atoms with E-state index in [4.69, 9.17) is 0 Å². The Balaban J connectivity index is 1.77. The number of para-hydroxylation sites is 1. The van der Waals surface area contributed by atoms with Gasteiger partial charge in [-0.25, -0.2) is 4.39 Å². The summed E-state index contributed by atoms with van der Waals surface area (Å²) in [5.74, 6) is -0.830. The lowest BCUT2D eigenvalue weighted by Gasteiger charge is -2.26. The average Bonchev–Trinajstić information content (AvgIpc) is 3.34. The molecular weight excluding hydrogens is 411 g/mol. The van der Waals surface area contributed by atoms with Crippen LogP contribution in [0.2, 0.25) is 0 Å². The van der Waals surface area contributed by atoms with Gasteiger partial charge in [0, 0.05) is 22.9 Å². The van der Waals surface area contributed by atoms with Gasteiger partial charge in [-0.3, -0.25) is 24.9 Å². The first kappa shape index (κ1) is 19.6. The van der Waals surface area contributed by atoms with Crippen molar-refractivity contribution in [3.63, 3.8) is 0 Å². The largest absolute Gasteiger partial charge is 0.295 e. The maximum absolute atomic E-state index is 13.6. The number of halogens is 1. The lowest BCUT2D eigenvalue weighted by molar-refractivity contribution is -0.385. The van der Waals surface area contributed by atoms with E-state index < -0.39 is 16.8 Å². The first-order valence-electron chi connectivity index (χ1n) is 9.93. The van der Waals surface area contributed by atoms with Crippen molar-refractivity contribution in [2.24, 2.45) is 0 Å². The van der Waals surface area contributed by atoms with Gasteiger partial charge >= 0.3 is 0 Å². The molecule has 1 unspecified atom stereocenters. The van der Waals surface area contributed by atoms with Crippen molar-refractivity contribution in [3.05, 3.63) is 111 Å². The maximum Gasteiger partial charge on any atom is 0.277 e. The molecule has 1 amide bonds. The number of hydrogen-bond acceptors (Lipinski definition) is 4. The summed E-state index contributed by atoms with van der Waals surface area (Å²) < 4.78 is 13.6. The SMILES string of the molecule is Cc1ccc(-c2n[nH]c3c2C(c2ccccc2[N+](=O)[O-])N(c2ccc(F)cc2)C3=O)cc1. The first-order valence-corrected chi connectivity index (χ1v) is 9.93. The number of nitro benzene ring substituents is 1. The summed E-state index contributed by atoms with van der Waals surface area (Å²) in [7, 11) is 0. The topological polar surface area (TPSA) is 92.1 Å². The smallest absolute Gasteiger partial charge is 0.277 e. The number of aromatic nitrogens is 2. The molecule has 1 atom stereocenters. The van der Waals surface area contributed by atoms with E-state index in [1.165, 1.54) is 35.2 Å². The minimum atomic E-state index is -0.806. The van der Waals surface area contributed by atoms with Gasteiger partial charge in [0.1, 0.15) is 11.5 Å². The van der Waals surface area contributed by atoms with Crippen LogP contribution in [0, 0.1) is 22.9 Å². The minimum absolute atomic E-state index is 0.110. The lowest BCUT2D eigenvalue weighted by atomic mass is 9.94. The van der Waals surface area contributed by atoms with Crippen LogP contribution >= 0.6 is 0 Å². The number of aromatic amines is 1. The minimum Gasteiger partial charge on any atom is -0.295 e. The lowest BCUT2D eigenvalue weighted by Crippen LogP contribution is -2.29. The van der Waals surface area contributed by atoms with Gasteiger partial charge in [-0.15, -0.1) is 0 Å². The fourth-order valence-electron chi connectivity index (χ4n) is 4.13. The van der Waals surface area contributed by atoms with Crippen LogP contribution < -0.4 is 4.90 Å². The van der Waals surface area contributed by atoms with E-state index in [1.807, 2.05) is 31.2 Å². The number of amides is 1. The maximum atomic E-state index is 13.6. The van der Waals surface area contributed by atoms with Gasteiger partial charge in [-0.05, 0) is 37.3 Å². The van der Waals surface area contributed by atoms with E-state index in [9.17, 15) is 19.3 Å². The summed E-state index contributed by atoms with van der Waals surface area (Å²) in [5, 5.41) is 19.0. The van der Waals surface area contributed by atoms with Gasteiger partial charge in [0.2, 0.25) is 0 Å². The number of carbonyl (C=O) groups excluding carboxylic acids is 1. The Kier molecular flexibility index (Phi) is 4.55. The summed E-state index contributed by atoms with van der Waals surface area (Å²) in [4.78, 5) is 26.2. The number of nitrogens with one attached hydrogen (secondary N) is 1. The van der Waals surface area contributed by atoms with Crippen LogP contribution in [-0.4, -0.2) is 21.0 Å². The number of rotatable bonds is 4. The monoisotopic (exact) mass is 428 g/mol. The number of H-pyrrole nitrogens is 1. The second-order valence-corrected chi connectivity index (χ2v) is 7.60. The molecule has 0 spiro atoms. The molecule has 0 saturated carbocycles. The van der Waals surface area contributed by atoms with Crippen molar-refractivity contribution in [1.29, 1.82) is 0 Å². The molecule has 32 heavy (non-hydrogen) atoms. The highest BCUT2D eigenvalue weighted by Crippen LogP contribution is 2.47. The molecule has 0 aliphatic carbocycles. The second-order valence-electron chi connectivity index (χ2n) is 7.60. The van der Waals surface area contributed by atoms with Gasteiger partial charge in [-0.1, -0.05) is 42.0 Å². The van der Waals surface area contributed by atoms with Gasteiger partial charge < -0.3 is 0 Å². The molecule has 158 valence electrons. The molecule has 5 rings (SSSR count). The molecule has 1 aromatic heterocycles. The molecule has 8 heteroatoms. The van der Waals surface area contributed by atoms with Gasteiger partial charge in [-0.2, -0.15) is 5.10 Å². The molecule has 0 bridgehead atoms. The van der Waals surface area contributed by atoms with Crippen LogP contribution in [0.1, 0.15) is 33.2 Å². The Bertz CT molecular complexity index is 1350. The van der Waals surface area contributed by atoms with E-state index >= 15 is 0 Å². The average molecular weight is 428 g/mol. The Morgan fingerprint density at radius 2 is 1.72 bits per heavy atom. The third-order valence-corrected chi connectivity index (χ3v) is 5.63. The molecule has 0 fully saturated rings. The van der Waals surface area contributed by atoms with E-state index in [1.54, 1.807) is 18.2 Å². The molecule has 1 aliphatic rings. The summed E-state index contributed by atoms with van der Waals surface area (Å²) >= 11 is 0. The number of carbonyl (C=O) groups is 1. The van der Waals surface area contributed by atoms with Crippen LogP contribution in [0.4, 0.5) is 15.8 Å². The van der Waals surface area contributed by atoms with E-state index in [0.717, 1.165) is 11.1 Å². The van der Waals surface area contributed by atoms with Crippen LogP contribution in [0.15, 0.2) is 72.8 Å². The Hall–Kier alpha value is -4.33. The van der Waals surface area contributed by atoms with E-state index in [-0.39, 0.29) is 17.3 Å². The highest BCUT2D eigenvalue weighted by atomic mass is 19.1. The highest BCUT2D eigenvalue weighted by molar-refractivity contribution is 6.12. The third-order valence-electron chi connectivity index (χ3n) is 5.63. The highest BCUT2D eigenvalue weighted by Gasteiger charge is 2.45. The van der Waals surface area contributed by atoms with Crippen molar-refractivity contribution in [3.8, 4) is 11.3 Å². The molecule has 0 radical (unpaired) electrons. The van der Waals surface area contributed by atoms with Crippen molar-refractivity contribution in [1.82, 2.24) is 10.2 Å². The Morgan fingerprint density at radius 1 is 1.03 bits per heavy atom. The number of fused-ring (bicyclic) bond motifs is 1. The third kappa shape index (κ3) is 3.04. The summed E-state index contributed by atoms with van der Waals surface area (Å²) in [6.07, 6.45) is 0. The quantitative estimate of drug-likeness (QED) is 0.358. The molecule has 2 heterocycles. The fourth-order valence-corrected chi connectivity index (χ4v) is 4.13. The van der Waals surface area contributed by atoms with Gasteiger partial charge in [0.15, 0.2) is 0 Å². The first-order chi connectivity index (χ1) is 15.5. The zero-order valence-corrected chi connectivity index (χ0v) is 16.9. The number of aryl methyl sites for hydroxylation is 1. The number of nitro groups is 1. The number of hydrogen-bond donors (Lipinski definition) is 1. The van der Waals surface area contributed by atoms with Gasteiger partial charge in [0.25, 0.3) is 11.6 Å². The molecule has 1 aliphatic heterocycles. The zero-order chi connectivity index (χ0) is 22.4. The Labute approximate surface area is 182 Å². The van der Waals surface area contributed by atoms with Crippen LogP contribution in [0.25, 0.3) is 11.3 Å². The summed E-state index contributed by atoms with van der Waals surface area (Å²) in [6.45, 7) is 1.97. The van der Waals surface area contributed by atoms with Crippen molar-refractivity contribution in [2.75, 3.05) is 4.90 Å². The predicted octanol–water partition coefficient (Wildman–Crippen LogP) is 5.18. The summed E-state index contributed by atoms with van der Waals surface area (Å²) in [5.41, 5.74) is 3.88. The second kappa shape index (κ2) is 7.42. The molecule has 1 N–H and O–H groups in total. The van der Waals surface area contributed by atoms with Gasteiger partial charge in [0.05, 0.1) is 22.2 Å². The molecule has 7 nitrogen and oxygen atoms in total. The summed E-state index contributed by atoms with van der Waals surface area (Å²) in [6, 6.07) is 18.7. The zero-order valence-electron chi connectivity index (χ0n) is 16.9. The van der Waals surface area contributed by atoms with Crippen LogP contribution in [0.3, 0.4) is 0 Å². The predicted molar refractivity (Wildman–Crippen MR) is 117 cm³/mol. The normalized spacial score (nSPS) is 15.1. The Morgan fingerprint density at radius 3 is 2.41 bits per heavy atom. The molecule has 4 aromatic rings. The van der Waals surface area contributed by atoms with Crippen molar-refractivity contribution < 1.29 is 14.1 Å². The van der Waals surface area contributed by atoms with Crippen LogP contribution in [-0.2, 0) is 0 Å². The molecular formula is C24H17FN4O3.